The Morgan fingerprint density at radius 2 is 1.82 bits per heavy atom. The third-order valence-electron chi connectivity index (χ3n) is 5.52. The molecule has 0 aliphatic rings. The van der Waals surface area contributed by atoms with E-state index in [1.54, 1.807) is 45.0 Å². The second-order valence-corrected chi connectivity index (χ2v) is 9.43. The van der Waals surface area contributed by atoms with Crippen molar-refractivity contribution in [3.63, 3.8) is 0 Å². The third-order valence-corrected chi connectivity index (χ3v) is 5.52. The van der Waals surface area contributed by atoms with Crippen molar-refractivity contribution in [2.75, 3.05) is 5.73 Å². The summed E-state index contributed by atoms with van der Waals surface area (Å²) in [5.74, 6) is 0.830. The molecule has 0 bridgehead atoms. The van der Waals surface area contributed by atoms with E-state index in [4.69, 9.17) is 16.2 Å². The first-order valence-corrected chi connectivity index (χ1v) is 11.8. The lowest BCUT2D eigenvalue weighted by Gasteiger charge is -2.16. The summed E-state index contributed by atoms with van der Waals surface area (Å²) >= 11 is 0. The monoisotopic (exact) mass is 512 g/mol. The van der Waals surface area contributed by atoms with Crippen LogP contribution < -0.4 is 27.2 Å². The lowest BCUT2D eigenvalue weighted by atomic mass is 10.0. The zero-order valence-corrected chi connectivity index (χ0v) is 21.3. The molecule has 0 radical (unpaired) electrons. The van der Waals surface area contributed by atoms with Crippen LogP contribution in [-0.4, -0.2) is 36.6 Å². The van der Waals surface area contributed by atoms with Gasteiger partial charge in [-0.2, -0.15) is 5.26 Å². The zero-order chi connectivity index (χ0) is 27.4. The fraction of sp³-hybridized carbons (Fsp3) is 0.222. The summed E-state index contributed by atoms with van der Waals surface area (Å²) in [6.45, 7) is 5.15. The average molecular weight is 513 g/mol. The third kappa shape index (κ3) is 5.71. The Morgan fingerprint density at radius 3 is 2.45 bits per heavy atom. The van der Waals surface area contributed by atoms with Gasteiger partial charge in [0, 0.05) is 18.1 Å². The molecule has 4 aromatic rings. The lowest BCUT2D eigenvalue weighted by molar-refractivity contribution is -0.117. The highest BCUT2D eigenvalue weighted by Crippen LogP contribution is 2.25. The van der Waals surface area contributed by atoms with Crippen molar-refractivity contribution in [1.82, 2.24) is 24.4 Å². The highest BCUT2D eigenvalue weighted by atomic mass is 16.5. The summed E-state index contributed by atoms with van der Waals surface area (Å²) in [5, 5.41) is 12.1. The highest BCUT2D eigenvalue weighted by Gasteiger charge is 2.22. The predicted octanol–water partition coefficient (Wildman–Crippen LogP) is 2.65. The number of nitrogens with two attached hydrogens (primary N) is 2. The molecule has 0 saturated carbocycles. The standard InChI is InChI=1S/C27H28N8O3/c1-17(33-25(36)18(14-28)13-27(2,3)30)15-34-24-22(23(29)31-16-32-24)35(26(34)37)19-9-11-21(12-10-19)38-20-7-5-4-6-8-20/h4-13,16-17H,15,30H2,1-3H3,(H,33,36)(H2,29,31,32). The van der Waals surface area contributed by atoms with E-state index < -0.39 is 23.2 Å². The molecule has 38 heavy (non-hydrogen) atoms. The maximum absolute atomic E-state index is 13.6. The van der Waals surface area contributed by atoms with Crippen molar-refractivity contribution in [3.8, 4) is 23.3 Å². The molecule has 4 rings (SSSR count). The SMILES string of the molecule is CC(Cn1c(=O)n(-c2ccc(Oc3ccccc3)cc2)c2c(N)ncnc21)NC(=O)C(C#N)=CC(C)(C)N. The summed E-state index contributed by atoms with van der Waals surface area (Å²) in [4.78, 5) is 34.6. The Bertz CT molecular complexity index is 1590. The minimum Gasteiger partial charge on any atom is -0.457 e. The smallest absolute Gasteiger partial charge is 0.335 e. The van der Waals surface area contributed by atoms with Crippen molar-refractivity contribution < 1.29 is 9.53 Å². The van der Waals surface area contributed by atoms with E-state index in [9.17, 15) is 14.9 Å². The Labute approximate surface area is 219 Å². The Hall–Kier alpha value is -4.95. The van der Waals surface area contributed by atoms with E-state index in [1.807, 2.05) is 36.4 Å². The van der Waals surface area contributed by atoms with Gasteiger partial charge in [-0.3, -0.25) is 13.9 Å². The quantitative estimate of drug-likeness (QED) is 0.239. The molecule has 0 fully saturated rings. The topological polar surface area (TPSA) is 167 Å². The van der Waals surface area contributed by atoms with Gasteiger partial charge in [0.2, 0.25) is 0 Å². The Morgan fingerprint density at radius 1 is 1.16 bits per heavy atom. The number of para-hydroxylation sites is 1. The molecular formula is C27H28N8O3. The van der Waals surface area contributed by atoms with Gasteiger partial charge in [-0.25, -0.2) is 14.8 Å². The van der Waals surface area contributed by atoms with E-state index in [0.717, 1.165) is 0 Å². The molecule has 0 aliphatic carbocycles. The number of amides is 1. The second kappa shape index (κ2) is 10.6. The molecule has 2 aromatic heterocycles. The number of aromatic nitrogens is 4. The maximum Gasteiger partial charge on any atom is 0.335 e. The fourth-order valence-corrected chi connectivity index (χ4v) is 3.94. The van der Waals surface area contributed by atoms with Crippen LogP contribution in [0.1, 0.15) is 20.8 Å². The Kier molecular flexibility index (Phi) is 7.27. The number of nitrogens with zero attached hydrogens (tertiary/aromatic N) is 5. The second-order valence-electron chi connectivity index (χ2n) is 9.43. The number of nitrogen functional groups attached to an aromatic ring is 1. The number of fused-ring (bicyclic) bond motifs is 1. The number of nitriles is 1. The molecule has 0 spiro atoms. The molecule has 1 amide bonds. The maximum atomic E-state index is 13.6. The number of rotatable bonds is 8. The number of benzene rings is 2. The normalized spacial score (nSPS) is 12.7. The molecule has 11 heteroatoms. The summed E-state index contributed by atoms with van der Waals surface area (Å²) in [6, 6.07) is 17.6. The minimum atomic E-state index is -0.841. The lowest BCUT2D eigenvalue weighted by Crippen LogP contribution is -2.40. The number of carbonyl (C=O) groups is 1. The van der Waals surface area contributed by atoms with Crippen molar-refractivity contribution in [2.45, 2.75) is 38.9 Å². The Balaban J connectivity index is 1.65. The minimum absolute atomic E-state index is 0.0739. The average Bonchev–Trinajstić information content (AvgIpc) is 3.15. The molecule has 1 atom stereocenters. The molecular weight excluding hydrogens is 484 g/mol. The number of imidazole rings is 1. The van der Waals surface area contributed by atoms with Crippen LogP contribution in [0, 0.1) is 11.3 Å². The van der Waals surface area contributed by atoms with Gasteiger partial charge in [0.05, 0.1) is 5.69 Å². The first kappa shape index (κ1) is 26.1. The number of anilines is 1. The van der Waals surface area contributed by atoms with Crippen LogP contribution in [0.4, 0.5) is 5.82 Å². The van der Waals surface area contributed by atoms with Crippen LogP contribution in [0.3, 0.4) is 0 Å². The van der Waals surface area contributed by atoms with Crippen molar-refractivity contribution >= 4 is 22.9 Å². The number of carbonyl (C=O) groups excluding carboxylic acids is 1. The van der Waals surface area contributed by atoms with Gasteiger partial charge in [-0.1, -0.05) is 18.2 Å². The van der Waals surface area contributed by atoms with Crippen LogP contribution in [0.2, 0.25) is 0 Å². The molecule has 1 unspecified atom stereocenters. The van der Waals surface area contributed by atoms with Crippen LogP contribution in [0.15, 0.2) is 77.4 Å². The first-order chi connectivity index (χ1) is 18.1. The van der Waals surface area contributed by atoms with Gasteiger partial charge < -0.3 is 21.5 Å². The van der Waals surface area contributed by atoms with Crippen molar-refractivity contribution in [1.29, 1.82) is 5.26 Å². The summed E-state index contributed by atoms with van der Waals surface area (Å²) in [6.07, 6.45) is 2.67. The van der Waals surface area contributed by atoms with Crippen LogP contribution in [0.5, 0.6) is 11.5 Å². The molecule has 0 aliphatic heterocycles. The van der Waals surface area contributed by atoms with Gasteiger partial charge in [0.25, 0.3) is 5.91 Å². The van der Waals surface area contributed by atoms with Crippen molar-refractivity contribution in [3.05, 3.63) is 83.1 Å². The van der Waals surface area contributed by atoms with Crippen molar-refractivity contribution in [2.24, 2.45) is 5.73 Å². The first-order valence-electron chi connectivity index (χ1n) is 11.8. The van der Waals surface area contributed by atoms with E-state index in [1.165, 1.54) is 21.5 Å². The van der Waals surface area contributed by atoms with Gasteiger partial charge >= 0.3 is 5.69 Å². The number of ether oxygens (including phenoxy) is 1. The van der Waals surface area contributed by atoms with Gasteiger partial charge in [0.15, 0.2) is 11.5 Å². The van der Waals surface area contributed by atoms with Crippen LogP contribution in [0.25, 0.3) is 16.9 Å². The van der Waals surface area contributed by atoms with Gasteiger partial charge in [0.1, 0.15) is 35.0 Å². The molecule has 5 N–H and O–H groups in total. The predicted molar refractivity (Wildman–Crippen MR) is 144 cm³/mol. The summed E-state index contributed by atoms with van der Waals surface area (Å²) in [7, 11) is 0. The molecule has 0 saturated heterocycles. The summed E-state index contributed by atoms with van der Waals surface area (Å²) < 4.78 is 8.68. The molecule has 194 valence electrons. The van der Waals surface area contributed by atoms with Crippen LogP contribution >= 0.6 is 0 Å². The van der Waals surface area contributed by atoms with E-state index >= 15 is 0 Å². The van der Waals surface area contributed by atoms with E-state index in [2.05, 4.69) is 15.3 Å². The largest absolute Gasteiger partial charge is 0.457 e. The highest BCUT2D eigenvalue weighted by molar-refractivity contribution is 5.97. The summed E-state index contributed by atoms with van der Waals surface area (Å²) in [5.41, 5.74) is 11.9. The molecule has 11 nitrogen and oxygen atoms in total. The fourth-order valence-electron chi connectivity index (χ4n) is 3.94. The number of nitrogens with one attached hydrogen (secondary N) is 1. The number of hydrogen-bond donors (Lipinski definition) is 3. The van der Waals surface area contributed by atoms with Gasteiger partial charge in [-0.15, -0.1) is 0 Å². The van der Waals surface area contributed by atoms with Crippen LogP contribution in [-0.2, 0) is 11.3 Å². The molecule has 2 heterocycles. The van der Waals surface area contributed by atoms with E-state index in [-0.39, 0.29) is 17.9 Å². The number of hydrogen-bond acceptors (Lipinski definition) is 8. The zero-order valence-electron chi connectivity index (χ0n) is 21.3. The molecule has 2 aromatic carbocycles. The van der Waals surface area contributed by atoms with E-state index in [0.29, 0.717) is 28.4 Å². The van der Waals surface area contributed by atoms with Gasteiger partial charge in [-0.05, 0) is 63.2 Å².